The molecule has 1 amide bonds. The van der Waals surface area contributed by atoms with Crippen molar-refractivity contribution < 1.29 is 26.9 Å². The van der Waals surface area contributed by atoms with E-state index in [-0.39, 0.29) is 12.4 Å². The van der Waals surface area contributed by atoms with Gasteiger partial charge in [0, 0.05) is 5.02 Å². The van der Waals surface area contributed by atoms with Crippen molar-refractivity contribution in [1.82, 2.24) is 5.43 Å². The number of furan rings is 1. The molecule has 2 rings (SSSR count). The lowest BCUT2D eigenvalue weighted by Gasteiger charge is -2.07. The zero-order chi connectivity index (χ0) is 17.7. The van der Waals surface area contributed by atoms with Crippen LogP contribution in [0, 0.1) is 0 Å². The number of rotatable bonds is 6. The van der Waals surface area contributed by atoms with Gasteiger partial charge in [-0.2, -0.15) is 13.5 Å². The van der Waals surface area contributed by atoms with E-state index in [0.29, 0.717) is 15.2 Å². The highest BCUT2D eigenvalue weighted by Crippen LogP contribution is 2.27. The quantitative estimate of drug-likeness (QED) is 0.407. The van der Waals surface area contributed by atoms with Crippen molar-refractivity contribution in [3.8, 4) is 5.75 Å². The average molecular weight is 438 g/mol. The Morgan fingerprint density at radius 1 is 1.42 bits per heavy atom. The third-order valence-electron chi connectivity index (χ3n) is 2.49. The second kappa shape index (κ2) is 7.79. The van der Waals surface area contributed by atoms with E-state index in [1.165, 1.54) is 6.07 Å². The van der Waals surface area contributed by atoms with Crippen LogP contribution in [0.3, 0.4) is 0 Å². The van der Waals surface area contributed by atoms with Crippen molar-refractivity contribution in [3.05, 3.63) is 45.6 Å². The van der Waals surface area contributed by atoms with Crippen molar-refractivity contribution in [3.63, 3.8) is 0 Å². The van der Waals surface area contributed by atoms with E-state index in [1.54, 1.807) is 18.2 Å². The molecule has 0 aliphatic carbocycles. The second-order valence-electron chi connectivity index (χ2n) is 4.29. The SMILES string of the molecule is O=C(COc1ccc(Cl)cc1Br)NN=Cc1ccc(S(=O)(=O)O)o1. The first-order valence-corrected chi connectivity index (χ1v) is 8.84. The summed E-state index contributed by atoms with van der Waals surface area (Å²) >= 11 is 9.04. The maximum Gasteiger partial charge on any atom is 0.328 e. The molecule has 2 N–H and O–H groups in total. The minimum absolute atomic E-state index is 0.0317. The highest BCUT2D eigenvalue weighted by Gasteiger charge is 2.14. The summed E-state index contributed by atoms with van der Waals surface area (Å²) in [7, 11) is -4.42. The first-order chi connectivity index (χ1) is 11.3. The van der Waals surface area contributed by atoms with E-state index >= 15 is 0 Å². The minimum atomic E-state index is -4.42. The van der Waals surface area contributed by atoms with E-state index in [9.17, 15) is 13.2 Å². The fourth-order valence-corrected chi connectivity index (χ4v) is 2.72. The van der Waals surface area contributed by atoms with Crippen molar-refractivity contribution >= 4 is 49.8 Å². The Bertz CT molecular complexity index is 880. The van der Waals surface area contributed by atoms with Crippen LogP contribution in [0.1, 0.15) is 5.76 Å². The smallest absolute Gasteiger partial charge is 0.328 e. The van der Waals surface area contributed by atoms with E-state index in [2.05, 4.69) is 26.5 Å². The van der Waals surface area contributed by atoms with Crippen LogP contribution in [0.15, 0.2) is 49.4 Å². The van der Waals surface area contributed by atoms with Gasteiger partial charge >= 0.3 is 10.1 Å². The van der Waals surface area contributed by atoms with Crippen LogP contribution < -0.4 is 10.2 Å². The standard InChI is InChI=1S/C13H10BrClN2O6S/c14-10-5-8(15)1-3-11(10)22-7-12(18)17-16-6-9-2-4-13(23-9)24(19,20)21/h1-6H,7H2,(H,17,18)(H,19,20,21). The third kappa shape index (κ3) is 5.34. The van der Waals surface area contributed by atoms with Crippen LogP contribution in [-0.4, -0.2) is 31.7 Å². The molecule has 128 valence electrons. The number of amides is 1. The molecule has 24 heavy (non-hydrogen) atoms. The van der Waals surface area contributed by atoms with Gasteiger partial charge in [-0.1, -0.05) is 11.6 Å². The molecule has 0 radical (unpaired) electrons. The summed E-state index contributed by atoms with van der Waals surface area (Å²) in [5, 5.41) is 3.48. The number of carbonyl (C=O) groups is 1. The largest absolute Gasteiger partial charge is 0.483 e. The predicted molar refractivity (Wildman–Crippen MR) is 88.9 cm³/mol. The Morgan fingerprint density at radius 2 is 2.17 bits per heavy atom. The normalized spacial score (nSPS) is 11.6. The van der Waals surface area contributed by atoms with Gasteiger partial charge in [0.25, 0.3) is 5.91 Å². The molecule has 8 nitrogen and oxygen atoms in total. The molecule has 2 aromatic rings. The molecule has 0 bridgehead atoms. The number of benzene rings is 1. The van der Waals surface area contributed by atoms with E-state index in [4.69, 9.17) is 25.3 Å². The molecule has 0 spiro atoms. The Labute approximate surface area is 150 Å². The van der Waals surface area contributed by atoms with Crippen molar-refractivity contribution in [2.24, 2.45) is 5.10 Å². The Kier molecular flexibility index (Phi) is 5.99. The van der Waals surface area contributed by atoms with E-state index in [0.717, 1.165) is 12.3 Å². The van der Waals surface area contributed by atoms with Gasteiger partial charge in [-0.25, -0.2) is 5.43 Å². The number of nitrogens with one attached hydrogen (secondary N) is 1. The molecule has 1 aromatic carbocycles. The van der Waals surface area contributed by atoms with Gasteiger partial charge in [0.2, 0.25) is 5.09 Å². The Morgan fingerprint density at radius 3 is 2.79 bits per heavy atom. The maximum atomic E-state index is 11.6. The maximum absolute atomic E-state index is 11.6. The van der Waals surface area contributed by atoms with Crippen LogP contribution in [0.2, 0.25) is 5.02 Å². The van der Waals surface area contributed by atoms with Crippen LogP contribution in [0.5, 0.6) is 5.75 Å². The Balaban J connectivity index is 1.85. The lowest BCUT2D eigenvalue weighted by Crippen LogP contribution is -2.24. The van der Waals surface area contributed by atoms with E-state index in [1.807, 2.05) is 0 Å². The molecule has 0 saturated carbocycles. The molecular formula is C13H10BrClN2O6S. The number of hydrazone groups is 1. The highest BCUT2D eigenvalue weighted by molar-refractivity contribution is 9.10. The molecule has 1 aromatic heterocycles. The summed E-state index contributed by atoms with van der Waals surface area (Å²) in [6.07, 6.45) is 1.07. The van der Waals surface area contributed by atoms with Gasteiger partial charge in [-0.3, -0.25) is 9.35 Å². The van der Waals surface area contributed by atoms with Crippen LogP contribution >= 0.6 is 27.5 Å². The summed E-state index contributed by atoms with van der Waals surface area (Å²) < 4.78 is 41.1. The first-order valence-electron chi connectivity index (χ1n) is 6.23. The Hall–Kier alpha value is -1.88. The van der Waals surface area contributed by atoms with Crippen molar-refractivity contribution in [1.29, 1.82) is 0 Å². The molecule has 0 saturated heterocycles. The topological polar surface area (TPSA) is 118 Å². The molecular weight excluding hydrogens is 428 g/mol. The van der Waals surface area contributed by atoms with Crippen LogP contribution in [0.25, 0.3) is 0 Å². The van der Waals surface area contributed by atoms with Gasteiger partial charge in [-0.05, 0) is 46.3 Å². The van der Waals surface area contributed by atoms with E-state index < -0.39 is 21.1 Å². The fraction of sp³-hybridized carbons (Fsp3) is 0.0769. The first kappa shape index (κ1) is 18.5. The fourth-order valence-electron chi connectivity index (χ4n) is 1.48. The average Bonchev–Trinajstić information content (AvgIpc) is 2.95. The summed E-state index contributed by atoms with van der Waals surface area (Å²) in [6, 6.07) is 7.15. The van der Waals surface area contributed by atoms with Gasteiger partial charge < -0.3 is 9.15 Å². The molecule has 0 aliphatic rings. The zero-order valence-electron chi connectivity index (χ0n) is 11.8. The van der Waals surface area contributed by atoms with Crippen molar-refractivity contribution in [2.45, 2.75) is 5.09 Å². The number of halogens is 2. The predicted octanol–water partition coefficient (Wildman–Crippen LogP) is 2.47. The lowest BCUT2D eigenvalue weighted by atomic mass is 10.3. The number of nitrogens with zero attached hydrogens (tertiary/aromatic N) is 1. The highest BCUT2D eigenvalue weighted by atomic mass is 79.9. The van der Waals surface area contributed by atoms with Gasteiger partial charge in [0.15, 0.2) is 6.61 Å². The van der Waals surface area contributed by atoms with Gasteiger partial charge in [-0.15, -0.1) is 0 Å². The third-order valence-corrected chi connectivity index (χ3v) is 4.07. The molecule has 0 atom stereocenters. The molecule has 0 unspecified atom stereocenters. The summed E-state index contributed by atoms with van der Waals surface area (Å²) in [6.45, 7) is -0.300. The minimum Gasteiger partial charge on any atom is -0.483 e. The molecule has 0 aliphatic heterocycles. The summed E-state index contributed by atoms with van der Waals surface area (Å²) in [4.78, 5) is 11.6. The van der Waals surface area contributed by atoms with Crippen molar-refractivity contribution in [2.75, 3.05) is 6.61 Å². The number of hydrogen-bond acceptors (Lipinski definition) is 6. The second-order valence-corrected chi connectivity index (χ2v) is 6.93. The molecule has 11 heteroatoms. The monoisotopic (exact) mass is 436 g/mol. The molecule has 0 fully saturated rings. The van der Waals surface area contributed by atoms with Gasteiger partial charge in [0.1, 0.15) is 11.5 Å². The van der Waals surface area contributed by atoms with Gasteiger partial charge in [0.05, 0.1) is 10.7 Å². The number of carbonyl (C=O) groups excluding carboxylic acids is 1. The molecule has 1 heterocycles. The lowest BCUT2D eigenvalue weighted by molar-refractivity contribution is -0.123. The number of hydrogen-bond donors (Lipinski definition) is 2. The zero-order valence-corrected chi connectivity index (χ0v) is 14.9. The summed E-state index contributed by atoms with van der Waals surface area (Å²) in [5.41, 5.74) is 2.17. The number of ether oxygens (including phenoxy) is 1. The van der Waals surface area contributed by atoms with Crippen LogP contribution in [0.4, 0.5) is 0 Å². The van der Waals surface area contributed by atoms with Crippen LogP contribution in [-0.2, 0) is 14.9 Å². The summed E-state index contributed by atoms with van der Waals surface area (Å²) in [5.74, 6) is -0.0821.